The summed E-state index contributed by atoms with van der Waals surface area (Å²) in [4.78, 5) is 36.3. The second-order valence-electron chi connectivity index (χ2n) is 7.70. The van der Waals surface area contributed by atoms with E-state index in [9.17, 15) is 14.4 Å². The number of benzene rings is 3. The molecule has 0 unspecified atom stereocenters. The third kappa shape index (κ3) is 7.03. The summed E-state index contributed by atoms with van der Waals surface area (Å²) in [5, 5.41) is 9.20. The quantitative estimate of drug-likeness (QED) is 0.285. The first-order chi connectivity index (χ1) is 16.3. The van der Waals surface area contributed by atoms with E-state index in [0.29, 0.717) is 22.7 Å². The minimum Gasteiger partial charge on any atom is -0.484 e. The maximum Gasteiger partial charge on any atom is 0.329 e. The van der Waals surface area contributed by atoms with Crippen molar-refractivity contribution in [2.75, 3.05) is 17.2 Å². The van der Waals surface area contributed by atoms with Crippen LogP contribution in [0, 0.1) is 20.8 Å². The largest absolute Gasteiger partial charge is 0.484 e. The number of hydrogen-bond acceptors (Lipinski definition) is 5. The van der Waals surface area contributed by atoms with Crippen LogP contribution < -0.4 is 20.8 Å². The van der Waals surface area contributed by atoms with Crippen LogP contribution >= 0.6 is 0 Å². The van der Waals surface area contributed by atoms with Crippen LogP contribution in [0.2, 0.25) is 0 Å². The number of aryl methyl sites for hydroxylation is 3. The molecule has 8 heteroatoms. The third-order valence-corrected chi connectivity index (χ3v) is 4.84. The molecule has 0 aliphatic heterocycles. The highest BCUT2D eigenvalue weighted by Crippen LogP contribution is 2.19. The number of carbonyl (C=O) groups is 3. The Labute approximate surface area is 198 Å². The molecule has 174 valence electrons. The van der Waals surface area contributed by atoms with E-state index < -0.39 is 11.8 Å². The van der Waals surface area contributed by atoms with Crippen LogP contribution in [-0.4, -0.2) is 30.5 Å². The van der Waals surface area contributed by atoms with Crippen LogP contribution in [0.4, 0.5) is 11.4 Å². The van der Waals surface area contributed by atoms with Crippen molar-refractivity contribution in [3.8, 4) is 5.75 Å². The van der Waals surface area contributed by atoms with Crippen molar-refractivity contribution in [1.29, 1.82) is 0 Å². The maximum absolute atomic E-state index is 12.2. The first-order valence-corrected chi connectivity index (χ1v) is 10.6. The second kappa shape index (κ2) is 11.4. The minimum absolute atomic E-state index is 0.163. The molecule has 0 saturated heterocycles. The fourth-order valence-corrected chi connectivity index (χ4v) is 3.15. The smallest absolute Gasteiger partial charge is 0.329 e. The summed E-state index contributed by atoms with van der Waals surface area (Å²) in [6.07, 6.45) is 1.38. The van der Waals surface area contributed by atoms with Gasteiger partial charge in [-0.3, -0.25) is 14.4 Å². The molecule has 0 radical (unpaired) electrons. The second-order valence-corrected chi connectivity index (χ2v) is 7.70. The molecule has 0 aliphatic carbocycles. The van der Waals surface area contributed by atoms with Gasteiger partial charge in [-0.25, -0.2) is 5.43 Å². The normalized spacial score (nSPS) is 10.6. The van der Waals surface area contributed by atoms with Gasteiger partial charge >= 0.3 is 11.8 Å². The fourth-order valence-electron chi connectivity index (χ4n) is 3.15. The lowest BCUT2D eigenvalue weighted by molar-refractivity contribution is -0.136. The van der Waals surface area contributed by atoms with Crippen LogP contribution in [-0.2, 0) is 14.4 Å². The molecule has 3 rings (SSSR count). The van der Waals surface area contributed by atoms with Gasteiger partial charge in [0.25, 0.3) is 5.91 Å². The number of nitrogens with zero attached hydrogens (tertiary/aromatic N) is 1. The topological polar surface area (TPSA) is 109 Å². The van der Waals surface area contributed by atoms with E-state index in [1.165, 1.54) is 6.21 Å². The number of hydrazone groups is 1. The maximum atomic E-state index is 12.2. The summed E-state index contributed by atoms with van der Waals surface area (Å²) in [6, 6.07) is 19.9. The molecular weight excluding hydrogens is 432 g/mol. The van der Waals surface area contributed by atoms with Gasteiger partial charge in [0.2, 0.25) is 0 Å². The van der Waals surface area contributed by atoms with Crippen LogP contribution in [0.3, 0.4) is 0 Å². The van der Waals surface area contributed by atoms with Crippen molar-refractivity contribution in [1.82, 2.24) is 5.43 Å². The number of anilines is 2. The van der Waals surface area contributed by atoms with Gasteiger partial charge in [0.05, 0.1) is 6.21 Å². The minimum atomic E-state index is -0.890. The molecule has 3 amide bonds. The number of rotatable bonds is 7. The Hall–Kier alpha value is -4.46. The molecule has 0 spiro atoms. The van der Waals surface area contributed by atoms with Gasteiger partial charge in [0.1, 0.15) is 5.75 Å². The third-order valence-electron chi connectivity index (χ3n) is 4.84. The Bertz CT molecular complexity index is 1220. The van der Waals surface area contributed by atoms with Gasteiger partial charge in [-0.15, -0.1) is 0 Å². The molecule has 0 bridgehead atoms. The van der Waals surface area contributed by atoms with Crippen molar-refractivity contribution in [3.63, 3.8) is 0 Å². The molecule has 0 fully saturated rings. The average molecular weight is 459 g/mol. The zero-order chi connectivity index (χ0) is 24.5. The van der Waals surface area contributed by atoms with Gasteiger partial charge in [0, 0.05) is 11.4 Å². The molecule has 0 aliphatic rings. The number of para-hydroxylation sites is 1. The molecule has 8 nitrogen and oxygen atoms in total. The van der Waals surface area contributed by atoms with Gasteiger partial charge in [-0.2, -0.15) is 5.10 Å². The summed E-state index contributed by atoms with van der Waals surface area (Å²) in [5.74, 6) is -1.53. The Balaban J connectivity index is 1.50. The predicted octanol–water partition coefficient (Wildman–Crippen LogP) is 3.72. The van der Waals surface area contributed by atoms with Gasteiger partial charge < -0.3 is 15.4 Å². The highest BCUT2D eigenvalue weighted by molar-refractivity contribution is 6.39. The molecule has 3 aromatic rings. The van der Waals surface area contributed by atoms with E-state index in [4.69, 9.17) is 4.74 Å². The first-order valence-electron chi connectivity index (χ1n) is 10.6. The average Bonchev–Trinajstić information content (AvgIpc) is 2.80. The zero-order valence-electron chi connectivity index (χ0n) is 19.2. The summed E-state index contributed by atoms with van der Waals surface area (Å²) >= 11 is 0. The molecular formula is C26H26N4O4. The van der Waals surface area contributed by atoms with Crippen LogP contribution in [0.5, 0.6) is 5.75 Å². The molecule has 0 saturated carbocycles. The van der Waals surface area contributed by atoms with E-state index in [1.807, 2.05) is 57.2 Å². The number of nitrogens with one attached hydrogen (secondary N) is 3. The lowest BCUT2D eigenvalue weighted by Crippen LogP contribution is -2.32. The predicted molar refractivity (Wildman–Crippen MR) is 132 cm³/mol. The van der Waals surface area contributed by atoms with Crippen molar-refractivity contribution in [2.24, 2.45) is 5.10 Å². The number of amides is 3. The number of hydrogen-bond donors (Lipinski definition) is 3. The van der Waals surface area contributed by atoms with Gasteiger partial charge in [-0.1, -0.05) is 42.5 Å². The van der Waals surface area contributed by atoms with Crippen LogP contribution in [0.1, 0.15) is 22.3 Å². The van der Waals surface area contributed by atoms with Crippen molar-refractivity contribution < 1.29 is 19.1 Å². The summed E-state index contributed by atoms with van der Waals surface area (Å²) < 4.78 is 5.54. The standard InChI is InChI=1S/C26H26N4O4/c1-17-7-4-11-21(13-17)28-23(31)16-34-22-12-6-10-20(14-22)15-27-30-26(33)25(32)29-24-18(2)8-5-9-19(24)3/h4-15H,16H2,1-3H3,(H,28,31)(H,29,32)(H,30,33)/b27-15-. The van der Waals surface area contributed by atoms with Crippen LogP contribution in [0.25, 0.3) is 0 Å². The van der Waals surface area contributed by atoms with E-state index in [-0.39, 0.29) is 12.5 Å². The molecule has 0 aromatic heterocycles. The van der Waals surface area contributed by atoms with E-state index in [1.54, 1.807) is 30.3 Å². The van der Waals surface area contributed by atoms with Crippen LogP contribution in [0.15, 0.2) is 71.8 Å². The Morgan fingerprint density at radius 1 is 0.853 bits per heavy atom. The number of ether oxygens (including phenoxy) is 1. The Morgan fingerprint density at radius 2 is 1.56 bits per heavy atom. The lowest BCUT2D eigenvalue weighted by Gasteiger charge is -2.10. The monoisotopic (exact) mass is 458 g/mol. The molecule has 3 N–H and O–H groups in total. The first kappa shape index (κ1) is 24.2. The SMILES string of the molecule is Cc1cccc(NC(=O)COc2cccc(/C=N\NC(=O)C(=O)Nc3c(C)cccc3C)c2)c1. The zero-order valence-corrected chi connectivity index (χ0v) is 19.2. The lowest BCUT2D eigenvalue weighted by atomic mass is 10.1. The van der Waals surface area contributed by atoms with Crippen molar-refractivity contribution in [2.45, 2.75) is 20.8 Å². The highest BCUT2D eigenvalue weighted by atomic mass is 16.5. The Kier molecular flexibility index (Phi) is 8.12. The molecule has 34 heavy (non-hydrogen) atoms. The summed E-state index contributed by atoms with van der Waals surface area (Å²) in [6.45, 7) is 5.48. The number of carbonyl (C=O) groups excluding carboxylic acids is 3. The molecule has 0 heterocycles. The Morgan fingerprint density at radius 3 is 2.29 bits per heavy atom. The van der Waals surface area contributed by atoms with Crippen molar-refractivity contribution >= 4 is 35.3 Å². The van der Waals surface area contributed by atoms with E-state index in [2.05, 4.69) is 21.2 Å². The molecule has 0 atom stereocenters. The summed E-state index contributed by atoms with van der Waals surface area (Å²) in [7, 11) is 0. The van der Waals surface area contributed by atoms with Gasteiger partial charge in [-0.05, 0) is 67.3 Å². The van der Waals surface area contributed by atoms with E-state index >= 15 is 0 Å². The highest BCUT2D eigenvalue weighted by Gasteiger charge is 2.15. The van der Waals surface area contributed by atoms with Gasteiger partial charge in [0.15, 0.2) is 6.61 Å². The fraction of sp³-hybridized carbons (Fsp3) is 0.154. The summed E-state index contributed by atoms with van der Waals surface area (Å²) in [5.41, 5.74) is 6.88. The molecule has 3 aromatic carbocycles. The van der Waals surface area contributed by atoms with E-state index in [0.717, 1.165) is 16.7 Å². The van der Waals surface area contributed by atoms with Crippen molar-refractivity contribution in [3.05, 3.63) is 89.0 Å².